The molecule has 1 N–H and O–H groups in total. The van der Waals surface area contributed by atoms with Gasteiger partial charge in [-0.3, -0.25) is 4.79 Å². The maximum atomic E-state index is 14.0. The molecule has 1 saturated carbocycles. The molecule has 5 rings (SSSR count). The molecule has 1 saturated heterocycles. The van der Waals surface area contributed by atoms with Crippen LogP contribution in [0.5, 0.6) is 0 Å². The molecular formula is C32H38N4O5. The number of imidazole rings is 1. The number of nitriles is 1. The van der Waals surface area contributed by atoms with Gasteiger partial charge in [-0.15, -0.1) is 0 Å². The predicted octanol–water partition coefficient (Wildman–Crippen LogP) is 4.42. The summed E-state index contributed by atoms with van der Waals surface area (Å²) in [6, 6.07) is 17.5. The standard InChI is InChI=1S/C32H38N4O5/c1-23-6-4-7-26(16-23)21-39-32(30(37)35-12-5-14-36-15-13-34-22-36)17-27(29-28(18-32)40-31(2,3)41-29)38-20-25-10-8-24(19-33)9-11-25/h4,6-11,13,15-16,22,27-29H,5,12,14,17-18,20-21H2,1-3H3,(H,35,37)/t27?,28-,29+,32-/m1/s1. The number of nitrogens with zero attached hydrogens (tertiary/aromatic N) is 3. The summed E-state index contributed by atoms with van der Waals surface area (Å²) in [5.41, 5.74) is 2.48. The van der Waals surface area contributed by atoms with Crippen LogP contribution in [0, 0.1) is 18.3 Å². The third kappa shape index (κ3) is 7.21. The van der Waals surface area contributed by atoms with Crippen molar-refractivity contribution in [1.29, 1.82) is 5.26 Å². The molecule has 1 aromatic heterocycles. The number of amides is 1. The molecule has 2 heterocycles. The van der Waals surface area contributed by atoms with Gasteiger partial charge in [-0.1, -0.05) is 42.0 Å². The van der Waals surface area contributed by atoms with Gasteiger partial charge in [0.1, 0.15) is 6.10 Å². The van der Waals surface area contributed by atoms with E-state index in [1.807, 2.05) is 61.9 Å². The molecule has 41 heavy (non-hydrogen) atoms. The van der Waals surface area contributed by atoms with Crippen LogP contribution in [0.25, 0.3) is 0 Å². The minimum absolute atomic E-state index is 0.172. The first kappa shape index (κ1) is 29.0. The van der Waals surface area contributed by atoms with Crippen LogP contribution >= 0.6 is 0 Å². The Kier molecular flexibility index (Phi) is 8.85. The number of ether oxygens (including phenoxy) is 4. The Bertz CT molecular complexity index is 1350. The largest absolute Gasteiger partial charge is 0.371 e. The number of aryl methyl sites for hydroxylation is 2. The van der Waals surface area contributed by atoms with Gasteiger partial charge in [-0.05, 0) is 50.5 Å². The summed E-state index contributed by atoms with van der Waals surface area (Å²) >= 11 is 0. The number of benzene rings is 2. The number of nitrogens with one attached hydrogen (secondary N) is 1. The van der Waals surface area contributed by atoms with Crippen molar-refractivity contribution in [3.63, 3.8) is 0 Å². The molecule has 0 radical (unpaired) electrons. The number of aromatic nitrogens is 2. The van der Waals surface area contributed by atoms with E-state index in [0.717, 1.165) is 29.7 Å². The lowest BCUT2D eigenvalue weighted by molar-refractivity contribution is -0.183. The van der Waals surface area contributed by atoms with E-state index in [1.165, 1.54) is 0 Å². The molecule has 2 aliphatic rings. The Morgan fingerprint density at radius 2 is 1.98 bits per heavy atom. The van der Waals surface area contributed by atoms with Gasteiger partial charge in [0.15, 0.2) is 11.4 Å². The average Bonchev–Trinajstić information content (AvgIpc) is 3.59. The molecule has 1 aliphatic carbocycles. The lowest BCUT2D eigenvalue weighted by Crippen LogP contribution is -2.60. The molecule has 2 fully saturated rings. The van der Waals surface area contributed by atoms with Gasteiger partial charge in [0.05, 0.1) is 43.4 Å². The van der Waals surface area contributed by atoms with Gasteiger partial charge in [0, 0.05) is 38.3 Å². The minimum atomic E-state index is -1.17. The number of rotatable bonds is 11. The van der Waals surface area contributed by atoms with Crippen LogP contribution in [-0.2, 0) is 43.5 Å². The van der Waals surface area contributed by atoms with E-state index in [2.05, 4.69) is 22.4 Å². The van der Waals surface area contributed by atoms with E-state index in [0.29, 0.717) is 31.6 Å². The minimum Gasteiger partial charge on any atom is -0.371 e. The van der Waals surface area contributed by atoms with Crippen LogP contribution < -0.4 is 5.32 Å². The van der Waals surface area contributed by atoms with Crippen molar-refractivity contribution in [3.05, 3.63) is 89.5 Å². The van der Waals surface area contributed by atoms with Crippen molar-refractivity contribution in [2.75, 3.05) is 6.54 Å². The van der Waals surface area contributed by atoms with Crippen molar-refractivity contribution in [2.45, 2.75) is 89.5 Å². The first-order valence-electron chi connectivity index (χ1n) is 14.2. The predicted molar refractivity (Wildman–Crippen MR) is 151 cm³/mol. The second kappa shape index (κ2) is 12.5. The lowest BCUT2D eigenvalue weighted by atomic mass is 9.78. The summed E-state index contributed by atoms with van der Waals surface area (Å²) in [5, 5.41) is 12.3. The molecule has 9 nitrogen and oxygen atoms in total. The van der Waals surface area contributed by atoms with Crippen molar-refractivity contribution in [1.82, 2.24) is 14.9 Å². The van der Waals surface area contributed by atoms with Crippen LogP contribution in [-0.4, -0.2) is 51.7 Å². The van der Waals surface area contributed by atoms with Crippen LogP contribution in [0.4, 0.5) is 0 Å². The number of carbonyl (C=O) groups is 1. The van der Waals surface area contributed by atoms with Crippen molar-refractivity contribution >= 4 is 5.91 Å². The third-order valence-electron chi connectivity index (χ3n) is 7.65. The van der Waals surface area contributed by atoms with Gasteiger partial charge in [-0.2, -0.15) is 5.26 Å². The fourth-order valence-electron chi connectivity index (χ4n) is 5.65. The van der Waals surface area contributed by atoms with Crippen molar-refractivity contribution < 1.29 is 23.7 Å². The second-order valence-corrected chi connectivity index (χ2v) is 11.4. The highest BCUT2D eigenvalue weighted by molar-refractivity contribution is 5.85. The van der Waals surface area contributed by atoms with Gasteiger partial charge >= 0.3 is 0 Å². The van der Waals surface area contributed by atoms with Crippen LogP contribution in [0.3, 0.4) is 0 Å². The molecule has 1 aliphatic heterocycles. The summed E-state index contributed by atoms with van der Waals surface area (Å²) in [4.78, 5) is 18.1. The summed E-state index contributed by atoms with van der Waals surface area (Å²) in [7, 11) is 0. The van der Waals surface area contributed by atoms with E-state index in [1.54, 1.807) is 24.7 Å². The first-order valence-corrected chi connectivity index (χ1v) is 14.2. The topological polar surface area (TPSA) is 108 Å². The van der Waals surface area contributed by atoms with Crippen molar-refractivity contribution in [2.24, 2.45) is 0 Å². The Labute approximate surface area is 241 Å². The maximum Gasteiger partial charge on any atom is 0.252 e. The Balaban J connectivity index is 1.35. The average molecular weight is 559 g/mol. The van der Waals surface area contributed by atoms with E-state index in [4.69, 9.17) is 24.2 Å². The Morgan fingerprint density at radius 3 is 2.71 bits per heavy atom. The smallest absolute Gasteiger partial charge is 0.252 e. The molecule has 3 aromatic rings. The zero-order valence-electron chi connectivity index (χ0n) is 23.9. The fourth-order valence-corrected chi connectivity index (χ4v) is 5.65. The SMILES string of the molecule is Cc1cccc(CO[C@]2(C(=O)NCCCn3ccnc3)CC(OCc3ccc(C#N)cc3)[C@@H]3OC(C)(C)O[C@@H]3C2)c1. The number of fused-ring (bicyclic) bond motifs is 1. The Hall–Kier alpha value is -3.55. The van der Waals surface area contributed by atoms with Crippen LogP contribution in [0.2, 0.25) is 0 Å². The summed E-state index contributed by atoms with van der Waals surface area (Å²) in [5.74, 6) is -0.978. The molecule has 216 valence electrons. The highest BCUT2D eigenvalue weighted by atomic mass is 16.8. The molecule has 1 amide bonds. The first-order chi connectivity index (χ1) is 19.7. The van der Waals surface area contributed by atoms with E-state index in [9.17, 15) is 4.79 Å². The highest BCUT2D eigenvalue weighted by Crippen LogP contribution is 2.44. The molecule has 0 spiro atoms. The summed E-state index contributed by atoms with van der Waals surface area (Å²) in [6.07, 6.45) is 5.70. The summed E-state index contributed by atoms with van der Waals surface area (Å²) in [6.45, 7) is 7.65. The number of hydrogen-bond acceptors (Lipinski definition) is 7. The van der Waals surface area contributed by atoms with E-state index < -0.39 is 17.5 Å². The van der Waals surface area contributed by atoms with Crippen LogP contribution in [0.15, 0.2) is 67.3 Å². The lowest BCUT2D eigenvalue weighted by Gasteiger charge is -2.43. The number of hydrogen-bond donors (Lipinski definition) is 1. The van der Waals surface area contributed by atoms with Gasteiger partial charge in [0.25, 0.3) is 5.91 Å². The third-order valence-corrected chi connectivity index (χ3v) is 7.65. The quantitative estimate of drug-likeness (QED) is 0.347. The molecule has 4 atom stereocenters. The molecule has 0 bridgehead atoms. The fraction of sp³-hybridized carbons (Fsp3) is 0.469. The molecule has 1 unspecified atom stereocenters. The zero-order valence-corrected chi connectivity index (χ0v) is 23.9. The monoisotopic (exact) mass is 558 g/mol. The van der Waals surface area contributed by atoms with Gasteiger partial charge < -0.3 is 28.8 Å². The number of carbonyl (C=O) groups excluding carboxylic acids is 1. The molecular weight excluding hydrogens is 520 g/mol. The normalized spacial score (nSPS) is 24.9. The zero-order chi connectivity index (χ0) is 28.9. The van der Waals surface area contributed by atoms with Crippen LogP contribution in [0.1, 0.15) is 55.4 Å². The summed E-state index contributed by atoms with van der Waals surface area (Å²) < 4.78 is 27.6. The Morgan fingerprint density at radius 1 is 1.15 bits per heavy atom. The van der Waals surface area contributed by atoms with E-state index in [-0.39, 0.29) is 24.7 Å². The van der Waals surface area contributed by atoms with Crippen molar-refractivity contribution in [3.8, 4) is 6.07 Å². The molecule has 2 aromatic carbocycles. The highest BCUT2D eigenvalue weighted by Gasteiger charge is 2.58. The van der Waals surface area contributed by atoms with Gasteiger partial charge in [-0.25, -0.2) is 4.98 Å². The molecule has 9 heteroatoms. The second-order valence-electron chi connectivity index (χ2n) is 11.4. The maximum absolute atomic E-state index is 14.0. The van der Waals surface area contributed by atoms with E-state index >= 15 is 0 Å². The van der Waals surface area contributed by atoms with Gasteiger partial charge in [0.2, 0.25) is 0 Å².